The van der Waals surface area contributed by atoms with Crippen LogP contribution in [0.3, 0.4) is 0 Å². The molecule has 82 valence electrons. The Labute approximate surface area is 101 Å². The highest BCUT2D eigenvalue weighted by molar-refractivity contribution is 7.07. The highest BCUT2D eigenvalue weighted by Gasteiger charge is 2.04. The van der Waals surface area contributed by atoms with E-state index in [-0.39, 0.29) is 5.91 Å². The number of thiazole rings is 1. The molecule has 0 aromatic carbocycles. The Balaban J connectivity index is 2.34. The summed E-state index contributed by atoms with van der Waals surface area (Å²) in [4.78, 5) is 20.2. The van der Waals surface area contributed by atoms with E-state index in [2.05, 4.69) is 9.98 Å². The van der Waals surface area contributed by atoms with Crippen LogP contribution in [-0.2, 0) is 7.05 Å². The third-order valence-electron chi connectivity index (χ3n) is 1.93. The normalized spacial score (nSPS) is 11.8. The van der Waals surface area contributed by atoms with E-state index >= 15 is 0 Å². The lowest BCUT2D eigenvalue weighted by Crippen LogP contribution is -2.12. The second-order valence-electron chi connectivity index (χ2n) is 3.08. The SMILES string of the molecule is Cn1ccsc1=NC(=O)c1ccc(Cl)nc1. The maximum absolute atomic E-state index is 11.7. The predicted octanol–water partition coefficient (Wildman–Crippen LogP) is 1.88. The minimum absolute atomic E-state index is 0.317. The Morgan fingerprint density at radius 3 is 2.94 bits per heavy atom. The van der Waals surface area contributed by atoms with E-state index in [9.17, 15) is 4.79 Å². The van der Waals surface area contributed by atoms with Crippen molar-refractivity contribution in [2.24, 2.45) is 12.0 Å². The summed E-state index contributed by atoms with van der Waals surface area (Å²) in [6, 6.07) is 3.17. The largest absolute Gasteiger partial charge is 0.327 e. The van der Waals surface area contributed by atoms with Gasteiger partial charge in [-0.1, -0.05) is 11.6 Å². The molecule has 0 radical (unpaired) electrons. The molecule has 2 aromatic rings. The van der Waals surface area contributed by atoms with Gasteiger partial charge in [0.15, 0.2) is 4.80 Å². The van der Waals surface area contributed by atoms with Crippen LogP contribution in [0, 0.1) is 0 Å². The first-order valence-corrected chi connectivity index (χ1v) is 5.73. The fourth-order valence-electron chi connectivity index (χ4n) is 1.09. The molecule has 4 nitrogen and oxygen atoms in total. The fourth-order valence-corrected chi connectivity index (χ4v) is 1.93. The number of amides is 1. The number of carbonyl (C=O) groups excluding carboxylic acids is 1. The zero-order valence-electron chi connectivity index (χ0n) is 8.42. The standard InChI is InChI=1S/C10H8ClN3OS/c1-14-4-5-16-10(14)13-9(15)7-2-3-8(11)12-6-7/h2-6H,1H3. The zero-order valence-corrected chi connectivity index (χ0v) is 10.00. The van der Waals surface area contributed by atoms with Crippen LogP contribution in [0.25, 0.3) is 0 Å². The molecule has 0 bridgehead atoms. The lowest BCUT2D eigenvalue weighted by molar-refractivity contribution is 0.0997. The smallest absolute Gasteiger partial charge is 0.281 e. The molecule has 1 amide bonds. The number of carbonyl (C=O) groups is 1. The molecule has 0 saturated heterocycles. The van der Waals surface area contributed by atoms with Crippen molar-refractivity contribution in [3.63, 3.8) is 0 Å². The first-order valence-electron chi connectivity index (χ1n) is 4.47. The first kappa shape index (κ1) is 11.0. The van der Waals surface area contributed by atoms with Crippen LogP contribution in [0.1, 0.15) is 10.4 Å². The molecule has 2 rings (SSSR count). The summed E-state index contributed by atoms with van der Waals surface area (Å²) in [5, 5.41) is 2.23. The van der Waals surface area contributed by atoms with E-state index in [0.29, 0.717) is 15.5 Å². The average Bonchev–Trinajstić information content (AvgIpc) is 2.65. The van der Waals surface area contributed by atoms with Gasteiger partial charge in [0.1, 0.15) is 5.15 Å². The summed E-state index contributed by atoms with van der Waals surface area (Å²) < 4.78 is 1.78. The molecule has 0 saturated carbocycles. The van der Waals surface area contributed by atoms with Crippen molar-refractivity contribution in [2.45, 2.75) is 0 Å². The molecule has 0 atom stereocenters. The third-order valence-corrected chi connectivity index (χ3v) is 3.00. The molecule has 6 heteroatoms. The lowest BCUT2D eigenvalue weighted by Gasteiger charge is -1.94. The number of rotatable bonds is 1. The summed E-state index contributed by atoms with van der Waals surface area (Å²) in [6.07, 6.45) is 3.26. The number of hydrogen-bond donors (Lipinski definition) is 0. The quantitative estimate of drug-likeness (QED) is 0.729. The van der Waals surface area contributed by atoms with E-state index in [1.54, 1.807) is 16.7 Å². The second kappa shape index (κ2) is 4.59. The van der Waals surface area contributed by atoms with Gasteiger partial charge < -0.3 is 4.57 Å². The van der Waals surface area contributed by atoms with Gasteiger partial charge in [0.05, 0.1) is 5.56 Å². The van der Waals surface area contributed by atoms with E-state index in [1.165, 1.54) is 17.5 Å². The highest BCUT2D eigenvalue weighted by atomic mass is 35.5. The van der Waals surface area contributed by atoms with Crippen molar-refractivity contribution in [3.8, 4) is 0 Å². The van der Waals surface area contributed by atoms with Crippen molar-refractivity contribution < 1.29 is 4.79 Å². The van der Waals surface area contributed by atoms with Crippen molar-refractivity contribution in [2.75, 3.05) is 0 Å². The molecule has 0 N–H and O–H groups in total. The molecule has 2 aromatic heterocycles. The van der Waals surface area contributed by atoms with Crippen LogP contribution >= 0.6 is 22.9 Å². The molecular formula is C10H8ClN3OS. The highest BCUT2D eigenvalue weighted by Crippen LogP contribution is 2.06. The minimum Gasteiger partial charge on any atom is -0.327 e. The van der Waals surface area contributed by atoms with Gasteiger partial charge in [0.25, 0.3) is 5.91 Å². The van der Waals surface area contributed by atoms with Crippen molar-refractivity contribution in [3.05, 3.63) is 45.4 Å². The van der Waals surface area contributed by atoms with Gasteiger partial charge >= 0.3 is 0 Å². The van der Waals surface area contributed by atoms with E-state index in [1.807, 2.05) is 18.6 Å². The predicted molar refractivity (Wildman–Crippen MR) is 62.4 cm³/mol. The monoisotopic (exact) mass is 253 g/mol. The Hall–Kier alpha value is -1.46. The number of nitrogens with zero attached hydrogens (tertiary/aromatic N) is 3. The van der Waals surface area contributed by atoms with Crippen molar-refractivity contribution in [1.29, 1.82) is 0 Å². The summed E-state index contributed by atoms with van der Waals surface area (Å²) in [7, 11) is 1.84. The van der Waals surface area contributed by atoms with Gasteiger partial charge in [-0.15, -0.1) is 11.3 Å². The fraction of sp³-hybridized carbons (Fsp3) is 0.100. The topological polar surface area (TPSA) is 47.2 Å². The van der Waals surface area contributed by atoms with Crippen LogP contribution in [0.4, 0.5) is 0 Å². The number of halogens is 1. The Kier molecular flexibility index (Phi) is 3.17. The van der Waals surface area contributed by atoms with Gasteiger partial charge in [-0.25, -0.2) is 4.98 Å². The molecule has 16 heavy (non-hydrogen) atoms. The first-order chi connectivity index (χ1) is 7.66. The summed E-state index contributed by atoms with van der Waals surface area (Å²) in [6.45, 7) is 0. The molecule has 0 aliphatic heterocycles. The van der Waals surface area contributed by atoms with E-state index < -0.39 is 0 Å². The molecule has 0 unspecified atom stereocenters. The Bertz CT molecular complexity index is 570. The van der Waals surface area contributed by atoms with Crippen molar-refractivity contribution >= 4 is 28.8 Å². The Morgan fingerprint density at radius 2 is 2.38 bits per heavy atom. The minimum atomic E-state index is -0.317. The van der Waals surface area contributed by atoms with Crippen molar-refractivity contribution in [1.82, 2.24) is 9.55 Å². The van der Waals surface area contributed by atoms with Gasteiger partial charge in [0.2, 0.25) is 0 Å². The lowest BCUT2D eigenvalue weighted by atomic mass is 10.3. The third kappa shape index (κ3) is 2.37. The molecule has 0 aliphatic carbocycles. The summed E-state index contributed by atoms with van der Waals surface area (Å²) in [5.74, 6) is -0.317. The van der Waals surface area contributed by atoms with Crippen LogP contribution in [0.15, 0.2) is 34.9 Å². The van der Waals surface area contributed by atoms with Gasteiger partial charge in [-0.2, -0.15) is 4.99 Å². The number of aromatic nitrogens is 2. The number of hydrogen-bond acceptors (Lipinski definition) is 3. The maximum atomic E-state index is 11.7. The average molecular weight is 254 g/mol. The molecule has 2 heterocycles. The molecular weight excluding hydrogens is 246 g/mol. The number of aryl methyl sites for hydroxylation is 1. The van der Waals surface area contributed by atoms with Gasteiger partial charge in [0, 0.05) is 24.8 Å². The number of pyridine rings is 1. The maximum Gasteiger partial charge on any atom is 0.281 e. The van der Waals surface area contributed by atoms with E-state index in [0.717, 1.165) is 0 Å². The molecule has 0 fully saturated rings. The molecule has 0 spiro atoms. The second-order valence-corrected chi connectivity index (χ2v) is 4.34. The molecule has 0 aliphatic rings. The van der Waals surface area contributed by atoms with Crippen LogP contribution < -0.4 is 4.80 Å². The summed E-state index contributed by atoms with van der Waals surface area (Å²) in [5.41, 5.74) is 0.429. The van der Waals surface area contributed by atoms with Crippen LogP contribution in [-0.4, -0.2) is 15.5 Å². The zero-order chi connectivity index (χ0) is 11.5. The van der Waals surface area contributed by atoms with E-state index in [4.69, 9.17) is 11.6 Å². The Morgan fingerprint density at radius 1 is 1.56 bits per heavy atom. The van der Waals surface area contributed by atoms with Crippen LogP contribution in [0.2, 0.25) is 5.15 Å². The summed E-state index contributed by atoms with van der Waals surface area (Å²) >= 11 is 7.03. The van der Waals surface area contributed by atoms with Gasteiger partial charge in [-0.3, -0.25) is 4.79 Å². The van der Waals surface area contributed by atoms with Gasteiger partial charge in [-0.05, 0) is 12.1 Å². The van der Waals surface area contributed by atoms with Crippen LogP contribution in [0.5, 0.6) is 0 Å².